The van der Waals surface area contributed by atoms with E-state index in [0.29, 0.717) is 6.04 Å². The van der Waals surface area contributed by atoms with Gasteiger partial charge in [0.2, 0.25) is 0 Å². The van der Waals surface area contributed by atoms with Gasteiger partial charge in [0.05, 0.1) is 11.6 Å². The summed E-state index contributed by atoms with van der Waals surface area (Å²) in [5.74, 6) is 0. The number of likely N-dealkylation sites (N-methyl/N-ethyl adjacent to an activating group) is 1. The van der Waals surface area contributed by atoms with E-state index in [1.54, 1.807) is 0 Å². The SMILES string of the molecule is CCN1CC(n2nnc3ccc(I)cc32)C1. The number of nitrogens with zero attached hydrogens (tertiary/aromatic N) is 4. The molecule has 0 amide bonds. The van der Waals surface area contributed by atoms with Crippen molar-refractivity contribution in [1.29, 1.82) is 0 Å². The Morgan fingerprint density at radius 3 is 3.00 bits per heavy atom. The topological polar surface area (TPSA) is 34.0 Å². The first-order valence-electron chi connectivity index (χ1n) is 5.50. The van der Waals surface area contributed by atoms with E-state index in [0.717, 1.165) is 30.7 Å². The molecule has 1 aromatic carbocycles. The summed E-state index contributed by atoms with van der Waals surface area (Å²) in [5, 5.41) is 8.47. The highest BCUT2D eigenvalue weighted by atomic mass is 127. The summed E-state index contributed by atoms with van der Waals surface area (Å²) in [5.41, 5.74) is 2.16. The molecule has 2 heterocycles. The molecule has 3 rings (SSSR count). The summed E-state index contributed by atoms with van der Waals surface area (Å²) >= 11 is 2.33. The van der Waals surface area contributed by atoms with E-state index in [2.05, 4.69) is 61.5 Å². The lowest BCUT2D eigenvalue weighted by atomic mass is 10.1. The first-order valence-corrected chi connectivity index (χ1v) is 6.58. The standard InChI is InChI=1S/C11H13IN4/c1-2-15-6-9(7-15)16-11-5-8(12)3-4-10(11)13-14-16/h3-5,9H,2,6-7H2,1H3. The highest BCUT2D eigenvalue weighted by Gasteiger charge is 2.28. The Bertz CT molecular complexity index is 516. The molecule has 0 radical (unpaired) electrons. The predicted molar refractivity (Wildman–Crippen MR) is 71.4 cm³/mol. The number of likely N-dealkylation sites (tertiary alicyclic amines) is 1. The largest absolute Gasteiger partial charge is 0.299 e. The number of benzene rings is 1. The van der Waals surface area contributed by atoms with Gasteiger partial charge in [0, 0.05) is 16.7 Å². The van der Waals surface area contributed by atoms with Crippen LogP contribution in [0.4, 0.5) is 0 Å². The van der Waals surface area contributed by atoms with Gasteiger partial charge in [-0.05, 0) is 47.3 Å². The molecule has 0 spiro atoms. The molecule has 0 aliphatic carbocycles. The molecule has 1 aliphatic heterocycles. The maximum Gasteiger partial charge on any atom is 0.113 e. The third-order valence-corrected chi connectivity index (χ3v) is 3.84. The van der Waals surface area contributed by atoms with Gasteiger partial charge < -0.3 is 0 Å². The summed E-state index contributed by atoms with van der Waals surface area (Å²) in [6.45, 7) is 5.51. The Morgan fingerprint density at radius 1 is 1.44 bits per heavy atom. The zero-order valence-corrected chi connectivity index (χ0v) is 11.3. The highest BCUT2D eigenvalue weighted by molar-refractivity contribution is 14.1. The van der Waals surface area contributed by atoms with E-state index >= 15 is 0 Å². The molecular formula is C11H13IN4. The van der Waals surface area contributed by atoms with Gasteiger partial charge in [-0.15, -0.1) is 5.10 Å². The molecule has 1 fully saturated rings. The molecule has 4 nitrogen and oxygen atoms in total. The van der Waals surface area contributed by atoms with Gasteiger partial charge in [0.15, 0.2) is 0 Å². The van der Waals surface area contributed by atoms with Gasteiger partial charge in [0.25, 0.3) is 0 Å². The summed E-state index contributed by atoms with van der Waals surface area (Å²) < 4.78 is 3.31. The fourth-order valence-corrected chi connectivity index (χ4v) is 2.61. The first-order chi connectivity index (χ1) is 7.78. The quantitative estimate of drug-likeness (QED) is 0.790. The lowest BCUT2D eigenvalue weighted by molar-refractivity contribution is 0.107. The van der Waals surface area contributed by atoms with Crippen molar-refractivity contribution in [2.75, 3.05) is 19.6 Å². The average Bonchev–Trinajstić information content (AvgIpc) is 2.60. The van der Waals surface area contributed by atoms with Crippen molar-refractivity contribution in [3.63, 3.8) is 0 Å². The van der Waals surface area contributed by atoms with Gasteiger partial charge >= 0.3 is 0 Å². The number of aromatic nitrogens is 3. The van der Waals surface area contributed by atoms with Crippen LogP contribution in [0.25, 0.3) is 11.0 Å². The number of hydrogen-bond acceptors (Lipinski definition) is 3. The maximum atomic E-state index is 4.26. The lowest BCUT2D eigenvalue weighted by Gasteiger charge is -2.38. The Labute approximate surface area is 108 Å². The van der Waals surface area contributed by atoms with Crippen LogP contribution in [-0.2, 0) is 0 Å². The van der Waals surface area contributed by atoms with Crippen LogP contribution in [0, 0.1) is 3.57 Å². The maximum absolute atomic E-state index is 4.26. The Kier molecular flexibility index (Phi) is 2.59. The van der Waals surface area contributed by atoms with Crippen LogP contribution in [0.1, 0.15) is 13.0 Å². The third kappa shape index (κ3) is 1.62. The summed E-state index contributed by atoms with van der Waals surface area (Å²) in [4.78, 5) is 2.41. The molecule has 16 heavy (non-hydrogen) atoms. The zero-order chi connectivity index (χ0) is 11.1. The molecule has 0 bridgehead atoms. The first kappa shape index (κ1) is 10.5. The van der Waals surface area contributed by atoms with E-state index in [1.807, 2.05) is 6.07 Å². The van der Waals surface area contributed by atoms with Crippen LogP contribution in [0.5, 0.6) is 0 Å². The lowest BCUT2D eigenvalue weighted by Crippen LogP contribution is -2.47. The fraction of sp³-hybridized carbons (Fsp3) is 0.455. The van der Waals surface area contributed by atoms with Crippen LogP contribution < -0.4 is 0 Å². The van der Waals surface area contributed by atoms with Crippen molar-refractivity contribution in [2.45, 2.75) is 13.0 Å². The van der Waals surface area contributed by atoms with Crippen molar-refractivity contribution in [2.24, 2.45) is 0 Å². The number of hydrogen-bond donors (Lipinski definition) is 0. The number of rotatable bonds is 2. The fourth-order valence-electron chi connectivity index (χ4n) is 2.13. The van der Waals surface area contributed by atoms with E-state index in [9.17, 15) is 0 Å². The second kappa shape index (κ2) is 3.96. The minimum Gasteiger partial charge on any atom is -0.299 e. The van der Waals surface area contributed by atoms with Crippen LogP contribution in [0.15, 0.2) is 18.2 Å². The van der Waals surface area contributed by atoms with Crippen LogP contribution >= 0.6 is 22.6 Å². The average molecular weight is 328 g/mol. The van der Waals surface area contributed by atoms with Gasteiger partial charge in [-0.1, -0.05) is 12.1 Å². The molecule has 0 saturated carbocycles. The van der Waals surface area contributed by atoms with E-state index in [4.69, 9.17) is 0 Å². The second-order valence-electron chi connectivity index (χ2n) is 4.17. The second-order valence-corrected chi connectivity index (χ2v) is 5.42. The van der Waals surface area contributed by atoms with Gasteiger partial charge in [-0.25, -0.2) is 4.68 Å². The third-order valence-electron chi connectivity index (χ3n) is 3.16. The van der Waals surface area contributed by atoms with Crippen LogP contribution in [0.3, 0.4) is 0 Å². The van der Waals surface area contributed by atoms with Crippen LogP contribution in [-0.4, -0.2) is 39.5 Å². The minimum absolute atomic E-state index is 0.503. The molecule has 0 unspecified atom stereocenters. The van der Waals surface area contributed by atoms with Crippen molar-refractivity contribution in [3.8, 4) is 0 Å². The molecule has 1 saturated heterocycles. The summed E-state index contributed by atoms with van der Waals surface area (Å²) in [7, 11) is 0. The molecule has 2 aromatic rings. The summed E-state index contributed by atoms with van der Waals surface area (Å²) in [6.07, 6.45) is 0. The number of halogens is 1. The Balaban J connectivity index is 1.96. The van der Waals surface area contributed by atoms with Crippen molar-refractivity contribution >= 4 is 33.6 Å². The Morgan fingerprint density at radius 2 is 2.25 bits per heavy atom. The van der Waals surface area contributed by atoms with Crippen molar-refractivity contribution in [1.82, 2.24) is 19.9 Å². The van der Waals surface area contributed by atoms with Crippen molar-refractivity contribution in [3.05, 3.63) is 21.8 Å². The monoisotopic (exact) mass is 328 g/mol. The molecule has 0 atom stereocenters. The van der Waals surface area contributed by atoms with Gasteiger partial charge in [-0.2, -0.15) is 0 Å². The smallest absolute Gasteiger partial charge is 0.113 e. The van der Waals surface area contributed by atoms with Gasteiger partial charge in [0.1, 0.15) is 5.52 Å². The molecular weight excluding hydrogens is 315 g/mol. The highest BCUT2D eigenvalue weighted by Crippen LogP contribution is 2.24. The predicted octanol–water partition coefficient (Wildman–Crippen LogP) is 1.91. The van der Waals surface area contributed by atoms with Gasteiger partial charge in [-0.3, -0.25) is 4.90 Å². The molecule has 1 aliphatic rings. The van der Waals surface area contributed by atoms with E-state index in [-0.39, 0.29) is 0 Å². The molecule has 84 valence electrons. The molecule has 5 heteroatoms. The number of fused-ring (bicyclic) bond motifs is 1. The van der Waals surface area contributed by atoms with Crippen LogP contribution in [0.2, 0.25) is 0 Å². The Hall–Kier alpha value is -0.690. The van der Waals surface area contributed by atoms with Crippen molar-refractivity contribution < 1.29 is 0 Å². The normalized spacial score (nSPS) is 17.9. The minimum atomic E-state index is 0.503. The van der Waals surface area contributed by atoms with E-state index < -0.39 is 0 Å². The zero-order valence-electron chi connectivity index (χ0n) is 9.10. The molecule has 0 N–H and O–H groups in total. The van der Waals surface area contributed by atoms with E-state index in [1.165, 1.54) is 3.57 Å². The summed E-state index contributed by atoms with van der Waals surface area (Å²) in [6, 6.07) is 6.77. The molecule has 1 aromatic heterocycles.